The third-order valence-electron chi connectivity index (χ3n) is 4.60. The van der Waals surface area contributed by atoms with Gasteiger partial charge in [-0.2, -0.15) is 0 Å². The van der Waals surface area contributed by atoms with Gasteiger partial charge in [0.25, 0.3) is 11.5 Å². The van der Waals surface area contributed by atoms with Crippen molar-refractivity contribution in [3.05, 3.63) is 70.7 Å². The maximum Gasteiger partial charge on any atom is 0.252 e. The number of rotatable bonds is 4. The van der Waals surface area contributed by atoms with E-state index in [0.717, 1.165) is 18.5 Å². The van der Waals surface area contributed by atoms with Gasteiger partial charge in [-0.25, -0.2) is 9.97 Å². The zero-order valence-corrected chi connectivity index (χ0v) is 13.9. The number of H-pyrrole nitrogens is 1. The molecule has 0 bridgehead atoms. The number of carbonyl (C=O) groups excluding carboxylic acids is 1. The number of benzene rings is 1. The van der Waals surface area contributed by atoms with E-state index in [1.165, 1.54) is 6.07 Å². The fraction of sp³-hybridized carbons (Fsp3) is 0.222. The number of anilines is 1. The monoisotopic (exact) mass is 350 g/mol. The van der Waals surface area contributed by atoms with E-state index in [4.69, 9.17) is 5.73 Å². The summed E-state index contributed by atoms with van der Waals surface area (Å²) >= 11 is 0. The van der Waals surface area contributed by atoms with Gasteiger partial charge in [0.1, 0.15) is 0 Å². The summed E-state index contributed by atoms with van der Waals surface area (Å²) in [5, 5.41) is 3.01. The van der Waals surface area contributed by atoms with Crippen LogP contribution in [0.25, 0.3) is 5.69 Å². The summed E-state index contributed by atoms with van der Waals surface area (Å²) < 4.78 is 1.87. The predicted octanol–water partition coefficient (Wildman–Crippen LogP) is 1.21. The van der Waals surface area contributed by atoms with Crippen LogP contribution in [0.3, 0.4) is 0 Å². The Bertz CT molecular complexity index is 972. The lowest BCUT2D eigenvalue weighted by molar-refractivity contribution is 0.0908. The number of hydrogen-bond donors (Lipinski definition) is 3. The molecule has 2 heterocycles. The van der Waals surface area contributed by atoms with Crippen molar-refractivity contribution in [1.29, 1.82) is 0 Å². The third-order valence-corrected chi connectivity index (χ3v) is 4.60. The molecule has 26 heavy (non-hydrogen) atoms. The predicted molar refractivity (Wildman–Crippen MR) is 96.1 cm³/mol. The maximum absolute atomic E-state index is 12.4. The van der Waals surface area contributed by atoms with Crippen molar-refractivity contribution in [2.24, 2.45) is 0 Å². The summed E-state index contributed by atoms with van der Waals surface area (Å²) in [5.74, 6) is 0.162. The molecule has 1 aromatic carbocycles. The summed E-state index contributed by atoms with van der Waals surface area (Å²) in [4.78, 5) is 34.4. The van der Waals surface area contributed by atoms with Gasteiger partial charge in [0.2, 0.25) is 5.95 Å². The fourth-order valence-electron chi connectivity index (χ4n) is 3.15. The Morgan fingerprint density at radius 1 is 1.27 bits per heavy atom. The molecule has 4 rings (SSSR count). The number of nitrogens with two attached hydrogens (primary N) is 1. The van der Waals surface area contributed by atoms with E-state index >= 15 is 0 Å². The lowest BCUT2D eigenvalue weighted by Crippen LogP contribution is -2.43. The second-order valence-electron chi connectivity index (χ2n) is 6.41. The minimum Gasteiger partial charge on any atom is -0.369 e. The van der Waals surface area contributed by atoms with Gasteiger partial charge >= 0.3 is 0 Å². The SMILES string of the molecule is Nc1nc(C2CC(NC(=O)c3ccc(-n4ccnc4)cc3)C2)cc(=O)[nH]1. The van der Waals surface area contributed by atoms with Crippen LogP contribution in [0.4, 0.5) is 5.95 Å². The molecule has 3 aromatic rings. The number of aromatic amines is 1. The van der Waals surface area contributed by atoms with Crippen LogP contribution in [0.15, 0.2) is 53.8 Å². The summed E-state index contributed by atoms with van der Waals surface area (Å²) in [6.07, 6.45) is 6.75. The maximum atomic E-state index is 12.4. The van der Waals surface area contributed by atoms with Crippen molar-refractivity contribution in [1.82, 2.24) is 24.8 Å². The van der Waals surface area contributed by atoms with Crippen molar-refractivity contribution < 1.29 is 4.79 Å². The van der Waals surface area contributed by atoms with Crippen LogP contribution in [-0.2, 0) is 0 Å². The molecule has 1 aliphatic rings. The number of nitrogens with one attached hydrogen (secondary N) is 2. The van der Waals surface area contributed by atoms with Gasteiger partial charge in [0.05, 0.1) is 12.0 Å². The molecule has 132 valence electrons. The van der Waals surface area contributed by atoms with Crippen LogP contribution in [-0.4, -0.2) is 31.5 Å². The number of carbonyl (C=O) groups is 1. The van der Waals surface area contributed by atoms with Gasteiger partial charge in [-0.15, -0.1) is 0 Å². The Morgan fingerprint density at radius 3 is 2.69 bits per heavy atom. The van der Waals surface area contributed by atoms with Crippen molar-refractivity contribution in [3.8, 4) is 5.69 Å². The summed E-state index contributed by atoms with van der Waals surface area (Å²) in [6, 6.07) is 8.88. The van der Waals surface area contributed by atoms with Gasteiger partial charge < -0.3 is 15.6 Å². The summed E-state index contributed by atoms with van der Waals surface area (Å²) in [6.45, 7) is 0. The topological polar surface area (TPSA) is 119 Å². The van der Waals surface area contributed by atoms with Crippen LogP contribution in [0.2, 0.25) is 0 Å². The summed E-state index contributed by atoms with van der Waals surface area (Å²) in [7, 11) is 0. The van der Waals surface area contributed by atoms with Gasteiger partial charge in [0, 0.05) is 41.7 Å². The molecule has 8 nitrogen and oxygen atoms in total. The Kier molecular flexibility index (Phi) is 4.00. The Morgan fingerprint density at radius 2 is 2.04 bits per heavy atom. The van der Waals surface area contributed by atoms with E-state index < -0.39 is 0 Å². The molecule has 8 heteroatoms. The van der Waals surface area contributed by atoms with E-state index in [1.807, 2.05) is 22.9 Å². The minimum absolute atomic E-state index is 0.0723. The second-order valence-corrected chi connectivity index (χ2v) is 6.41. The van der Waals surface area contributed by atoms with Crippen LogP contribution >= 0.6 is 0 Å². The fourth-order valence-corrected chi connectivity index (χ4v) is 3.15. The van der Waals surface area contributed by atoms with Gasteiger partial charge in [-0.1, -0.05) is 0 Å². The van der Waals surface area contributed by atoms with Gasteiger partial charge in [0.15, 0.2) is 0 Å². The van der Waals surface area contributed by atoms with E-state index in [0.29, 0.717) is 11.3 Å². The summed E-state index contributed by atoms with van der Waals surface area (Å²) in [5.41, 5.74) is 7.56. The molecule has 0 aliphatic heterocycles. The molecule has 0 radical (unpaired) electrons. The number of nitrogen functional groups attached to an aromatic ring is 1. The average Bonchev–Trinajstić information content (AvgIpc) is 3.11. The molecule has 1 fully saturated rings. The van der Waals surface area contributed by atoms with E-state index in [2.05, 4.69) is 20.3 Å². The number of aromatic nitrogens is 4. The highest BCUT2D eigenvalue weighted by Gasteiger charge is 2.32. The molecule has 2 aromatic heterocycles. The van der Waals surface area contributed by atoms with E-state index in [-0.39, 0.29) is 29.4 Å². The van der Waals surface area contributed by atoms with Crippen molar-refractivity contribution in [3.63, 3.8) is 0 Å². The number of nitrogens with zero attached hydrogens (tertiary/aromatic N) is 3. The smallest absolute Gasteiger partial charge is 0.252 e. The highest BCUT2D eigenvalue weighted by atomic mass is 16.1. The Labute approximate surface area is 149 Å². The number of imidazole rings is 1. The standard InChI is InChI=1S/C18H18N6O2/c19-18-22-15(9-16(25)23-18)12-7-13(8-12)21-17(26)11-1-3-14(4-2-11)24-6-5-20-10-24/h1-6,9-10,12-13H,7-8H2,(H,21,26)(H3,19,22,23,25). The number of amides is 1. The van der Waals surface area contributed by atoms with Crippen LogP contribution in [0.5, 0.6) is 0 Å². The average molecular weight is 350 g/mol. The van der Waals surface area contributed by atoms with E-state index in [9.17, 15) is 9.59 Å². The molecule has 0 saturated heterocycles. The lowest BCUT2D eigenvalue weighted by Gasteiger charge is -2.35. The first-order valence-electron chi connectivity index (χ1n) is 8.34. The third kappa shape index (κ3) is 3.21. The Hall–Kier alpha value is -3.42. The number of hydrogen-bond acceptors (Lipinski definition) is 5. The quantitative estimate of drug-likeness (QED) is 0.653. The molecule has 1 saturated carbocycles. The first-order chi connectivity index (χ1) is 12.6. The zero-order chi connectivity index (χ0) is 18.1. The van der Waals surface area contributed by atoms with Crippen LogP contribution in [0, 0.1) is 0 Å². The molecule has 4 N–H and O–H groups in total. The molecule has 0 unspecified atom stereocenters. The zero-order valence-electron chi connectivity index (χ0n) is 13.9. The minimum atomic E-state index is -0.252. The van der Waals surface area contributed by atoms with Crippen molar-refractivity contribution >= 4 is 11.9 Å². The molecule has 0 spiro atoms. The highest BCUT2D eigenvalue weighted by molar-refractivity contribution is 5.94. The van der Waals surface area contributed by atoms with Gasteiger partial charge in [-0.05, 0) is 37.1 Å². The largest absolute Gasteiger partial charge is 0.369 e. The van der Waals surface area contributed by atoms with Crippen molar-refractivity contribution in [2.45, 2.75) is 24.8 Å². The van der Waals surface area contributed by atoms with Gasteiger partial charge in [-0.3, -0.25) is 14.6 Å². The first kappa shape index (κ1) is 16.1. The first-order valence-corrected chi connectivity index (χ1v) is 8.34. The van der Waals surface area contributed by atoms with Crippen LogP contribution < -0.4 is 16.6 Å². The highest BCUT2D eigenvalue weighted by Crippen LogP contribution is 2.35. The normalized spacial score (nSPS) is 18.9. The second kappa shape index (κ2) is 6.47. The molecule has 0 atom stereocenters. The lowest BCUT2D eigenvalue weighted by atomic mass is 9.78. The van der Waals surface area contributed by atoms with E-state index in [1.54, 1.807) is 24.7 Å². The molecule has 1 aliphatic carbocycles. The molecular weight excluding hydrogens is 332 g/mol. The van der Waals surface area contributed by atoms with Crippen LogP contribution in [0.1, 0.15) is 34.8 Å². The molecular formula is C18H18N6O2. The molecule has 1 amide bonds. The van der Waals surface area contributed by atoms with Crippen molar-refractivity contribution in [2.75, 3.05) is 5.73 Å². The Balaban J connectivity index is 1.35.